The predicted molar refractivity (Wildman–Crippen MR) is 69.5 cm³/mol. The zero-order chi connectivity index (χ0) is 12.7. The first-order valence-corrected chi connectivity index (χ1v) is 6.59. The number of aldehydes is 1. The summed E-state index contributed by atoms with van der Waals surface area (Å²) in [4.78, 5) is 25.5. The van der Waals surface area contributed by atoms with Crippen LogP contribution in [0.4, 0.5) is 5.69 Å². The quantitative estimate of drug-likeness (QED) is 0.748. The highest BCUT2D eigenvalue weighted by Crippen LogP contribution is 2.41. The molecular weight excluding hydrogens is 226 g/mol. The normalized spacial score (nSPS) is 26.6. The van der Waals surface area contributed by atoms with Gasteiger partial charge in [0.1, 0.15) is 6.29 Å². The molecule has 0 unspecified atom stereocenters. The van der Waals surface area contributed by atoms with Gasteiger partial charge in [-0.2, -0.15) is 0 Å². The summed E-state index contributed by atoms with van der Waals surface area (Å²) < 4.78 is 0. The van der Waals surface area contributed by atoms with Crippen molar-refractivity contribution in [1.82, 2.24) is 0 Å². The SMILES string of the molecule is C[C@@H]1C[C@H](C=O)c2ccccc2N1C(=O)C1CC1. The van der Waals surface area contributed by atoms with Crippen molar-refractivity contribution >= 4 is 17.9 Å². The molecule has 0 bridgehead atoms. The van der Waals surface area contributed by atoms with Gasteiger partial charge in [0.15, 0.2) is 0 Å². The number of nitrogens with zero attached hydrogens (tertiary/aromatic N) is 1. The Morgan fingerprint density at radius 1 is 1.33 bits per heavy atom. The Bertz CT molecular complexity index is 493. The standard InChI is InChI=1S/C15H17NO2/c1-10-8-12(9-17)13-4-2-3-5-14(13)16(10)15(18)11-6-7-11/h2-5,9-12H,6-8H2,1H3/t10-,12-/m1/s1. The van der Waals surface area contributed by atoms with E-state index in [2.05, 4.69) is 0 Å². The second-order valence-electron chi connectivity index (χ2n) is 5.37. The van der Waals surface area contributed by atoms with Crippen molar-refractivity contribution in [2.45, 2.75) is 38.1 Å². The Labute approximate surface area is 107 Å². The van der Waals surface area contributed by atoms with Crippen LogP contribution in [0.2, 0.25) is 0 Å². The van der Waals surface area contributed by atoms with Gasteiger partial charge in [-0.1, -0.05) is 18.2 Å². The van der Waals surface area contributed by atoms with E-state index >= 15 is 0 Å². The number of carbonyl (C=O) groups is 2. The summed E-state index contributed by atoms with van der Waals surface area (Å²) in [6, 6.07) is 7.91. The van der Waals surface area contributed by atoms with E-state index in [-0.39, 0.29) is 23.8 Å². The molecule has 1 aliphatic carbocycles. The fraction of sp³-hybridized carbons (Fsp3) is 0.467. The van der Waals surface area contributed by atoms with Crippen LogP contribution < -0.4 is 4.90 Å². The van der Waals surface area contributed by atoms with Gasteiger partial charge in [0.25, 0.3) is 0 Å². The summed E-state index contributed by atoms with van der Waals surface area (Å²) in [5.41, 5.74) is 1.94. The minimum absolute atomic E-state index is 0.0700. The van der Waals surface area contributed by atoms with Crippen LogP contribution in [0.3, 0.4) is 0 Å². The molecule has 1 saturated carbocycles. The van der Waals surface area contributed by atoms with Crippen molar-refractivity contribution in [3.63, 3.8) is 0 Å². The minimum Gasteiger partial charge on any atom is -0.309 e. The van der Waals surface area contributed by atoms with Crippen LogP contribution in [0.5, 0.6) is 0 Å². The third-order valence-corrected chi connectivity index (χ3v) is 3.96. The first-order chi connectivity index (χ1) is 8.72. The zero-order valence-corrected chi connectivity index (χ0v) is 10.5. The molecule has 1 aliphatic heterocycles. The lowest BCUT2D eigenvalue weighted by molar-refractivity contribution is -0.120. The van der Waals surface area contributed by atoms with Gasteiger partial charge in [0.2, 0.25) is 5.91 Å². The topological polar surface area (TPSA) is 37.4 Å². The monoisotopic (exact) mass is 243 g/mol. The van der Waals surface area contributed by atoms with Crippen LogP contribution >= 0.6 is 0 Å². The smallest absolute Gasteiger partial charge is 0.230 e. The van der Waals surface area contributed by atoms with Gasteiger partial charge < -0.3 is 9.69 Å². The van der Waals surface area contributed by atoms with Crippen LogP contribution in [0, 0.1) is 5.92 Å². The molecule has 1 heterocycles. The molecule has 18 heavy (non-hydrogen) atoms. The van der Waals surface area contributed by atoms with Crippen LogP contribution in [-0.4, -0.2) is 18.2 Å². The fourth-order valence-electron chi connectivity index (χ4n) is 2.85. The molecular formula is C15H17NO2. The van der Waals surface area contributed by atoms with Gasteiger partial charge in [-0.05, 0) is 37.8 Å². The molecule has 0 saturated heterocycles. The molecule has 2 aliphatic rings. The average Bonchev–Trinajstić information content (AvgIpc) is 3.21. The Balaban J connectivity index is 2.03. The van der Waals surface area contributed by atoms with E-state index in [1.54, 1.807) is 0 Å². The van der Waals surface area contributed by atoms with Gasteiger partial charge in [0, 0.05) is 23.6 Å². The largest absolute Gasteiger partial charge is 0.309 e. The van der Waals surface area contributed by atoms with E-state index in [4.69, 9.17) is 0 Å². The Hall–Kier alpha value is -1.64. The molecule has 1 fully saturated rings. The van der Waals surface area contributed by atoms with Crippen molar-refractivity contribution in [3.8, 4) is 0 Å². The lowest BCUT2D eigenvalue weighted by atomic mass is 9.87. The van der Waals surface area contributed by atoms with Gasteiger partial charge in [-0.3, -0.25) is 4.79 Å². The molecule has 3 nitrogen and oxygen atoms in total. The fourth-order valence-corrected chi connectivity index (χ4v) is 2.85. The summed E-state index contributed by atoms with van der Waals surface area (Å²) in [6.07, 6.45) is 3.77. The van der Waals surface area contributed by atoms with Gasteiger partial charge in [-0.25, -0.2) is 0 Å². The zero-order valence-electron chi connectivity index (χ0n) is 10.5. The number of amides is 1. The summed E-state index contributed by atoms with van der Waals surface area (Å²) in [7, 11) is 0. The molecule has 0 aromatic heterocycles. The minimum atomic E-state index is -0.0700. The van der Waals surface area contributed by atoms with Crippen molar-refractivity contribution in [1.29, 1.82) is 0 Å². The van der Waals surface area contributed by atoms with Crippen molar-refractivity contribution in [3.05, 3.63) is 29.8 Å². The van der Waals surface area contributed by atoms with E-state index in [0.29, 0.717) is 0 Å². The molecule has 0 radical (unpaired) electrons. The number of hydrogen-bond donors (Lipinski definition) is 0. The van der Waals surface area contributed by atoms with Gasteiger partial charge >= 0.3 is 0 Å². The molecule has 1 aromatic carbocycles. The third-order valence-electron chi connectivity index (χ3n) is 3.96. The first-order valence-electron chi connectivity index (χ1n) is 6.59. The molecule has 3 heteroatoms. The second kappa shape index (κ2) is 4.23. The third kappa shape index (κ3) is 1.74. The highest BCUT2D eigenvalue weighted by molar-refractivity contribution is 5.98. The van der Waals surface area contributed by atoms with E-state index in [0.717, 1.165) is 36.8 Å². The van der Waals surface area contributed by atoms with Gasteiger partial charge in [-0.15, -0.1) is 0 Å². The Morgan fingerprint density at radius 2 is 2.06 bits per heavy atom. The lowest BCUT2D eigenvalue weighted by Gasteiger charge is -2.38. The summed E-state index contributed by atoms with van der Waals surface area (Å²) in [5.74, 6) is 0.382. The Kier molecular flexibility index (Phi) is 2.69. The Morgan fingerprint density at radius 3 is 2.72 bits per heavy atom. The summed E-state index contributed by atoms with van der Waals surface area (Å²) in [6.45, 7) is 2.03. The molecule has 94 valence electrons. The van der Waals surface area contributed by atoms with Crippen LogP contribution in [0.15, 0.2) is 24.3 Å². The highest BCUT2D eigenvalue weighted by Gasteiger charge is 2.39. The maximum atomic E-state index is 12.4. The number of anilines is 1. The molecule has 0 N–H and O–H groups in total. The van der Waals surface area contributed by atoms with Crippen molar-refractivity contribution < 1.29 is 9.59 Å². The van der Waals surface area contributed by atoms with E-state index in [1.807, 2.05) is 36.1 Å². The summed E-state index contributed by atoms with van der Waals surface area (Å²) in [5, 5.41) is 0. The highest BCUT2D eigenvalue weighted by atomic mass is 16.2. The van der Waals surface area contributed by atoms with Crippen LogP contribution in [0.1, 0.15) is 37.7 Å². The van der Waals surface area contributed by atoms with Crippen LogP contribution in [-0.2, 0) is 9.59 Å². The number of carbonyl (C=O) groups excluding carboxylic acids is 2. The van der Waals surface area contributed by atoms with Gasteiger partial charge in [0.05, 0.1) is 0 Å². The molecule has 2 atom stereocenters. The lowest BCUT2D eigenvalue weighted by Crippen LogP contribution is -2.44. The van der Waals surface area contributed by atoms with E-state index in [1.165, 1.54) is 0 Å². The number of fused-ring (bicyclic) bond motifs is 1. The maximum Gasteiger partial charge on any atom is 0.230 e. The maximum absolute atomic E-state index is 12.4. The van der Waals surface area contributed by atoms with Crippen molar-refractivity contribution in [2.75, 3.05) is 4.90 Å². The number of para-hydroxylation sites is 1. The molecule has 3 rings (SSSR count). The average molecular weight is 243 g/mol. The van der Waals surface area contributed by atoms with Crippen LogP contribution in [0.25, 0.3) is 0 Å². The second-order valence-corrected chi connectivity index (χ2v) is 5.37. The summed E-state index contributed by atoms with van der Waals surface area (Å²) >= 11 is 0. The van der Waals surface area contributed by atoms with Crippen molar-refractivity contribution in [2.24, 2.45) is 5.92 Å². The first kappa shape index (κ1) is 11.5. The number of benzene rings is 1. The molecule has 1 aromatic rings. The van der Waals surface area contributed by atoms with E-state index < -0.39 is 0 Å². The molecule has 1 amide bonds. The predicted octanol–water partition coefficient (Wildman–Crippen LogP) is 2.50. The number of rotatable bonds is 2. The molecule has 0 spiro atoms. The number of hydrogen-bond acceptors (Lipinski definition) is 2. The van der Waals surface area contributed by atoms with E-state index in [9.17, 15) is 9.59 Å².